The first-order valence-electron chi connectivity index (χ1n) is 4.22. The predicted molar refractivity (Wildman–Crippen MR) is 56.4 cm³/mol. The molecule has 82 valence electrons. The Bertz CT molecular complexity index is 684. The van der Waals surface area contributed by atoms with Gasteiger partial charge in [0.1, 0.15) is 11.9 Å². The molecule has 1 aromatic heterocycles. The predicted octanol–water partition coefficient (Wildman–Crippen LogP) is 1.82. The number of nitriles is 1. The number of halogens is 1. The van der Waals surface area contributed by atoms with E-state index in [1.54, 1.807) is 0 Å². The summed E-state index contributed by atoms with van der Waals surface area (Å²) in [6, 6.07) is 5.99. The van der Waals surface area contributed by atoms with Crippen LogP contribution in [-0.2, 0) is 15.5 Å². The van der Waals surface area contributed by atoms with Gasteiger partial charge >= 0.3 is 0 Å². The van der Waals surface area contributed by atoms with Crippen molar-refractivity contribution in [3.8, 4) is 6.07 Å². The highest BCUT2D eigenvalue weighted by atomic mass is 35.7. The monoisotopic (exact) mass is 256 g/mol. The Hall–Kier alpha value is -1.58. The summed E-state index contributed by atoms with van der Waals surface area (Å²) in [6.45, 7) is 0. The van der Waals surface area contributed by atoms with E-state index < -0.39 is 9.05 Å². The highest BCUT2D eigenvalue weighted by Gasteiger charge is 2.13. The number of fused-ring (bicyclic) bond motifs is 1. The smallest absolute Gasteiger partial charge is 0.261 e. The van der Waals surface area contributed by atoms with Crippen LogP contribution < -0.4 is 0 Å². The molecule has 0 aliphatic heterocycles. The van der Waals surface area contributed by atoms with Crippen LogP contribution in [0.15, 0.2) is 27.5 Å². The SMILES string of the molecule is N#CCc1nc2ccc(S(=O)(=O)Cl)cc2o1. The van der Waals surface area contributed by atoms with Crippen molar-refractivity contribution in [3.63, 3.8) is 0 Å². The average Bonchev–Trinajstić information content (AvgIpc) is 2.57. The number of rotatable bonds is 2. The summed E-state index contributed by atoms with van der Waals surface area (Å²) in [5.41, 5.74) is 0.793. The molecule has 0 spiro atoms. The lowest BCUT2D eigenvalue weighted by atomic mass is 10.3. The first-order valence-corrected chi connectivity index (χ1v) is 6.53. The molecule has 7 heteroatoms. The van der Waals surface area contributed by atoms with Crippen molar-refractivity contribution in [1.82, 2.24) is 4.98 Å². The van der Waals surface area contributed by atoms with Gasteiger partial charge in [-0.05, 0) is 12.1 Å². The third-order valence-corrected chi connectivity index (χ3v) is 3.27. The van der Waals surface area contributed by atoms with Gasteiger partial charge in [0, 0.05) is 16.7 Å². The summed E-state index contributed by atoms with van der Waals surface area (Å²) < 4.78 is 27.3. The minimum Gasteiger partial charge on any atom is -0.440 e. The van der Waals surface area contributed by atoms with E-state index in [0.29, 0.717) is 11.1 Å². The van der Waals surface area contributed by atoms with Crippen LogP contribution in [0, 0.1) is 11.3 Å². The van der Waals surface area contributed by atoms with Crippen LogP contribution in [0.3, 0.4) is 0 Å². The van der Waals surface area contributed by atoms with Gasteiger partial charge in [0.25, 0.3) is 9.05 Å². The summed E-state index contributed by atoms with van der Waals surface area (Å²) in [7, 11) is 1.41. The molecular weight excluding hydrogens is 252 g/mol. The van der Waals surface area contributed by atoms with Gasteiger partial charge in [-0.1, -0.05) is 0 Å². The molecule has 0 bridgehead atoms. The molecule has 5 nitrogen and oxygen atoms in total. The zero-order valence-corrected chi connectivity index (χ0v) is 9.42. The number of oxazole rings is 1. The van der Waals surface area contributed by atoms with Crippen molar-refractivity contribution in [1.29, 1.82) is 5.26 Å². The molecule has 0 radical (unpaired) electrons. The van der Waals surface area contributed by atoms with Gasteiger partial charge in [0.15, 0.2) is 5.58 Å². The molecule has 0 unspecified atom stereocenters. The van der Waals surface area contributed by atoms with Gasteiger partial charge in [0.05, 0.1) is 11.0 Å². The van der Waals surface area contributed by atoms with Crippen LogP contribution in [0.4, 0.5) is 0 Å². The molecule has 0 saturated carbocycles. The largest absolute Gasteiger partial charge is 0.440 e. The van der Waals surface area contributed by atoms with Gasteiger partial charge in [-0.2, -0.15) is 5.26 Å². The summed E-state index contributed by atoms with van der Waals surface area (Å²) >= 11 is 0. The fourth-order valence-corrected chi connectivity index (χ4v) is 2.01. The van der Waals surface area contributed by atoms with E-state index in [0.717, 1.165) is 0 Å². The van der Waals surface area contributed by atoms with Crippen molar-refractivity contribution >= 4 is 30.8 Å². The Morgan fingerprint density at radius 1 is 1.50 bits per heavy atom. The third kappa shape index (κ3) is 2.01. The second-order valence-electron chi connectivity index (χ2n) is 3.01. The Balaban J connectivity index is 2.59. The lowest BCUT2D eigenvalue weighted by Gasteiger charge is -1.93. The Morgan fingerprint density at radius 2 is 2.25 bits per heavy atom. The first kappa shape index (κ1) is 10.9. The molecule has 1 heterocycles. The minimum atomic E-state index is -3.78. The minimum absolute atomic E-state index is 0.0393. The highest BCUT2D eigenvalue weighted by Crippen LogP contribution is 2.22. The Morgan fingerprint density at radius 3 is 2.88 bits per heavy atom. The molecule has 2 rings (SSSR count). The van der Waals surface area contributed by atoms with Gasteiger partial charge in [0.2, 0.25) is 5.89 Å². The second-order valence-corrected chi connectivity index (χ2v) is 5.58. The van der Waals surface area contributed by atoms with Crippen molar-refractivity contribution < 1.29 is 12.8 Å². The zero-order chi connectivity index (χ0) is 11.8. The molecule has 0 fully saturated rings. The van der Waals surface area contributed by atoms with Gasteiger partial charge in [-0.15, -0.1) is 0 Å². The molecule has 0 atom stereocenters. The lowest BCUT2D eigenvalue weighted by Crippen LogP contribution is -1.88. The fourth-order valence-electron chi connectivity index (χ4n) is 1.25. The van der Waals surface area contributed by atoms with Crippen molar-refractivity contribution in [2.75, 3.05) is 0 Å². The maximum absolute atomic E-state index is 11.1. The van der Waals surface area contributed by atoms with E-state index in [9.17, 15) is 8.42 Å². The fraction of sp³-hybridized carbons (Fsp3) is 0.111. The number of benzene rings is 1. The van der Waals surface area contributed by atoms with Crippen LogP contribution in [0.25, 0.3) is 11.1 Å². The molecule has 0 amide bonds. The molecule has 0 aliphatic carbocycles. The third-order valence-electron chi connectivity index (χ3n) is 1.92. The second kappa shape index (κ2) is 3.77. The molecule has 16 heavy (non-hydrogen) atoms. The Kier molecular flexibility index (Phi) is 2.58. The number of hydrogen-bond acceptors (Lipinski definition) is 5. The number of nitrogens with zero attached hydrogens (tertiary/aromatic N) is 2. The van der Waals surface area contributed by atoms with E-state index in [2.05, 4.69) is 4.98 Å². The highest BCUT2D eigenvalue weighted by molar-refractivity contribution is 8.13. The number of aromatic nitrogens is 1. The van der Waals surface area contributed by atoms with Crippen molar-refractivity contribution in [3.05, 3.63) is 24.1 Å². The lowest BCUT2D eigenvalue weighted by molar-refractivity contribution is 0.547. The molecule has 2 aromatic rings. The Labute approximate surface area is 95.7 Å². The maximum atomic E-state index is 11.1. The quantitative estimate of drug-likeness (QED) is 0.765. The van der Waals surface area contributed by atoms with E-state index in [1.165, 1.54) is 18.2 Å². The van der Waals surface area contributed by atoms with Crippen LogP contribution in [0.2, 0.25) is 0 Å². The molecular formula is C9H5ClN2O3S. The number of hydrogen-bond donors (Lipinski definition) is 0. The van der Waals surface area contributed by atoms with Crippen molar-refractivity contribution in [2.45, 2.75) is 11.3 Å². The van der Waals surface area contributed by atoms with Crippen LogP contribution >= 0.6 is 10.7 Å². The average molecular weight is 257 g/mol. The summed E-state index contributed by atoms with van der Waals surface area (Å²) in [4.78, 5) is 3.94. The maximum Gasteiger partial charge on any atom is 0.261 e. The van der Waals surface area contributed by atoms with Gasteiger partial charge in [-0.3, -0.25) is 0 Å². The molecule has 0 saturated heterocycles. The van der Waals surface area contributed by atoms with E-state index >= 15 is 0 Å². The summed E-state index contributed by atoms with van der Waals surface area (Å²) in [6.07, 6.45) is 0.0393. The van der Waals surface area contributed by atoms with E-state index in [4.69, 9.17) is 20.4 Å². The topological polar surface area (TPSA) is 84.0 Å². The zero-order valence-electron chi connectivity index (χ0n) is 7.84. The van der Waals surface area contributed by atoms with Crippen LogP contribution in [0.5, 0.6) is 0 Å². The standard InChI is InChI=1S/C9H5ClN2O3S/c10-16(13,14)6-1-2-7-8(5-6)15-9(12-7)3-4-11/h1-2,5H,3H2. The summed E-state index contributed by atoms with van der Waals surface area (Å²) in [5.74, 6) is 0.252. The van der Waals surface area contributed by atoms with Gasteiger partial charge < -0.3 is 4.42 Å². The van der Waals surface area contributed by atoms with E-state index in [-0.39, 0.29) is 17.2 Å². The normalized spacial score (nSPS) is 11.5. The van der Waals surface area contributed by atoms with Crippen LogP contribution in [0.1, 0.15) is 5.89 Å². The molecule has 1 aromatic carbocycles. The van der Waals surface area contributed by atoms with E-state index in [1.807, 2.05) is 6.07 Å². The van der Waals surface area contributed by atoms with Gasteiger partial charge in [-0.25, -0.2) is 13.4 Å². The summed E-state index contributed by atoms with van der Waals surface area (Å²) in [5, 5.41) is 8.46. The van der Waals surface area contributed by atoms with Crippen molar-refractivity contribution in [2.24, 2.45) is 0 Å². The first-order chi connectivity index (χ1) is 7.50. The molecule has 0 N–H and O–H groups in total. The molecule has 0 aliphatic rings. The van der Waals surface area contributed by atoms with Crippen LogP contribution in [-0.4, -0.2) is 13.4 Å².